The van der Waals surface area contributed by atoms with E-state index in [0.717, 1.165) is 12.1 Å². The zero-order valence-electron chi connectivity index (χ0n) is 12.3. The van der Waals surface area contributed by atoms with E-state index in [2.05, 4.69) is 17.3 Å². The van der Waals surface area contributed by atoms with E-state index in [-0.39, 0.29) is 5.56 Å². The van der Waals surface area contributed by atoms with E-state index in [1.54, 1.807) is 0 Å². The van der Waals surface area contributed by atoms with Gasteiger partial charge < -0.3 is 5.32 Å². The first-order valence-corrected chi connectivity index (χ1v) is 7.34. The van der Waals surface area contributed by atoms with E-state index in [9.17, 15) is 8.78 Å². The smallest absolute Gasteiger partial charge is 0.263 e. The van der Waals surface area contributed by atoms with Crippen LogP contribution in [-0.4, -0.2) is 31.1 Å². The van der Waals surface area contributed by atoms with Gasteiger partial charge in [-0.2, -0.15) is 0 Å². The van der Waals surface area contributed by atoms with E-state index in [0.29, 0.717) is 12.1 Å². The first kappa shape index (κ1) is 15.4. The number of nitrogens with zero attached hydrogens (tertiary/aromatic N) is 1. The maximum Gasteiger partial charge on any atom is 0.263 e. The molecule has 0 heterocycles. The van der Waals surface area contributed by atoms with Crippen LogP contribution in [0.5, 0.6) is 0 Å². The molecule has 0 saturated heterocycles. The summed E-state index contributed by atoms with van der Waals surface area (Å²) >= 11 is 0. The molecular weight excluding hydrogens is 258 g/mol. The van der Waals surface area contributed by atoms with Crippen LogP contribution in [0.3, 0.4) is 0 Å². The highest BCUT2D eigenvalue weighted by Crippen LogP contribution is 2.24. The van der Waals surface area contributed by atoms with Crippen molar-refractivity contribution in [1.29, 1.82) is 0 Å². The molecule has 112 valence electrons. The number of alkyl halides is 2. The van der Waals surface area contributed by atoms with Crippen molar-refractivity contribution in [2.45, 2.75) is 50.7 Å². The molecule has 0 amide bonds. The summed E-state index contributed by atoms with van der Waals surface area (Å²) in [5.74, 6) is 0. The Hall–Kier alpha value is -1.00. The fourth-order valence-electron chi connectivity index (χ4n) is 2.99. The van der Waals surface area contributed by atoms with Crippen LogP contribution >= 0.6 is 0 Å². The largest absolute Gasteiger partial charge is 0.317 e. The SMILES string of the molecule is CNC1CCC(N(C)Cc2ccc(C(F)F)cc2)CC1. The van der Waals surface area contributed by atoms with Crippen LogP contribution < -0.4 is 5.32 Å². The minimum atomic E-state index is -2.38. The summed E-state index contributed by atoms with van der Waals surface area (Å²) in [5, 5.41) is 3.34. The van der Waals surface area contributed by atoms with Crippen LogP contribution in [0.1, 0.15) is 43.2 Å². The number of hydrogen-bond acceptors (Lipinski definition) is 2. The van der Waals surface area contributed by atoms with E-state index < -0.39 is 6.43 Å². The number of benzene rings is 1. The van der Waals surface area contributed by atoms with E-state index in [4.69, 9.17) is 0 Å². The fourth-order valence-corrected chi connectivity index (χ4v) is 2.99. The quantitative estimate of drug-likeness (QED) is 0.888. The second kappa shape index (κ2) is 7.14. The normalized spacial score (nSPS) is 23.5. The minimum absolute atomic E-state index is 0.103. The molecular formula is C16H24F2N2. The van der Waals surface area contributed by atoms with E-state index in [1.165, 1.54) is 37.8 Å². The maximum atomic E-state index is 12.5. The molecule has 2 rings (SSSR count). The van der Waals surface area contributed by atoms with Crippen LogP contribution in [0, 0.1) is 0 Å². The van der Waals surface area contributed by atoms with Gasteiger partial charge in [-0.1, -0.05) is 24.3 Å². The van der Waals surface area contributed by atoms with Gasteiger partial charge in [0.25, 0.3) is 6.43 Å². The minimum Gasteiger partial charge on any atom is -0.317 e. The van der Waals surface area contributed by atoms with Crippen molar-refractivity contribution in [3.8, 4) is 0 Å². The Morgan fingerprint density at radius 1 is 1.15 bits per heavy atom. The van der Waals surface area contributed by atoms with Gasteiger partial charge in [-0.25, -0.2) is 8.78 Å². The Balaban J connectivity index is 1.86. The highest BCUT2D eigenvalue weighted by molar-refractivity contribution is 5.23. The Labute approximate surface area is 120 Å². The molecule has 0 aromatic heterocycles. The summed E-state index contributed by atoms with van der Waals surface area (Å²) in [4.78, 5) is 2.35. The fraction of sp³-hybridized carbons (Fsp3) is 0.625. The van der Waals surface area contributed by atoms with Gasteiger partial charge in [-0.05, 0) is 45.3 Å². The number of nitrogens with one attached hydrogen (secondary N) is 1. The third kappa shape index (κ3) is 4.00. The van der Waals surface area contributed by atoms with Crippen molar-refractivity contribution in [2.75, 3.05) is 14.1 Å². The Kier molecular flexibility index (Phi) is 5.49. The molecule has 1 N–H and O–H groups in total. The molecule has 0 radical (unpaired) electrons. The average molecular weight is 282 g/mol. The predicted octanol–water partition coefficient (Wildman–Crippen LogP) is 3.59. The average Bonchev–Trinajstić information content (AvgIpc) is 2.48. The summed E-state index contributed by atoms with van der Waals surface area (Å²) in [6.07, 6.45) is 2.47. The van der Waals surface area contributed by atoms with Crippen molar-refractivity contribution in [3.05, 3.63) is 35.4 Å². The van der Waals surface area contributed by atoms with Gasteiger partial charge in [0.2, 0.25) is 0 Å². The topological polar surface area (TPSA) is 15.3 Å². The molecule has 1 aromatic carbocycles. The first-order chi connectivity index (χ1) is 9.60. The Morgan fingerprint density at radius 3 is 2.25 bits per heavy atom. The number of rotatable bonds is 5. The molecule has 0 spiro atoms. The third-order valence-corrected chi connectivity index (χ3v) is 4.39. The second-order valence-electron chi connectivity index (χ2n) is 5.75. The molecule has 0 aliphatic heterocycles. The van der Waals surface area contributed by atoms with Crippen molar-refractivity contribution >= 4 is 0 Å². The van der Waals surface area contributed by atoms with Crippen LogP contribution in [0.25, 0.3) is 0 Å². The van der Waals surface area contributed by atoms with Crippen LogP contribution in [0.2, 0.25) is 0 Å². The lowest BCUT2D eigenvalue weighted by Gasteiger charge is -2.34. The lowest BCUT2D eigenvalue weighted by atomic mass is 9.90. The summed E-state index contributed by atoms with van der Waals surface area (Å²) < 4.78 is 25.0. The van der Waals surface area contributed by atoms with Gasteiger partial charge in [0.1, 0.15) is 0 Å². The summed E-state index contributed by atoms with van der Waals surface area (Å²) in [6, 6.07) is 7.96. The van der Waals surface area contributed by atoms with Crippen molar-refractivity contribution in [1.82, 2.24) is 10.2 Å². The maximum absolute atomic E-state index is 12.5. The zero-order chi connectivity index (χ0) is 14.5. The highest BCUT2D eigenvalue weighted by atomic mass is 19.3. The molecule has 2 nitrogen and oxygen atoms in total. The molecule has 1 aromatic rings. The molecule has 1 aliphatic rings. The molecule has 1 saturated carbocycles. The summed E-state index contributed by atoms with van der Waals surface area (Å²) in [6.45, 7) is 0.832. The standard InChI is InChI=1S/C16H24F2N2/c1-19-14-7-9-15(10-8-14)20(2)11-12-3-5-13(6-4-12)16(17)18/h3-6,14-16,19H,7-11H2,1-2H3. The molecule has 20 heavy (non-hydrogen) atoms. The summed E-state index contributed by atoms with van der Waals surface area (Å²) in [5.41, 5.74) is 1.21. The second-order valence-corrected chi connectivity index (χ2v) is 5.75. The molecule has 4 heteroatoms. The highest BCUT2D eigenvalue weighted by Gasteiger charge is 2.22. The van der Waals surface area contributed by atoms with Gasteiger partial charge in [0.05, 0.1) is 0 Å². The van der Waals surface area contributed by atoms with Crippen LogP contribution in [0.15, 0.2) is 24.3 Å². The van der Waals surface area contributed by atoms with Gasteiger partial charge >= 0.3 is 0 Å². The van der Waals surface area contributed by atoms with Gasteiger partial charge in [0, 0.05) is 24.2 Å². The van der Waals surface area contributed by atoms with Gasteiger partial charge in [-0.15, -0.1) is 0 Å². The van der Waals surface area contributed by atoms with E-state index in [1.807, 2.05) is 19.2 Å². The number of halogens is 2. The summed E-state index contributed by atoms with van der Waals surface area (Å²) in [7, 11) is 4.16. The zero-order valence-corrected chi connectivity index (χ0v) is 12.3. The Morgan fingerprint density at radius 2 is 1.75 bits per heavy atom. The lowest BCUT2D eigenvalue weighted by Crippen LogP contribution is -2.39. The van der Waals surface area contributed by atoms with Gasteiger partial charge in [0.15, 0.2) is 0 Å². The molecule has 0 atom stereocenters. The van der Waals surface area contributed by atoms with Crippen molar-refractivity contribution in [3.63, 3.8) is 0 Å². The van der Waals surface area contributed by atoms with Gasteiger partial charge in [-0.3, -0.25) is 4.90 Å². The van der Waals surface area contributed by atoms with Crippen molar-refractivity contribution < 1.29 is 8.78 Å². The lowest BCUT2D eigenvalue weighted by molar-refractivity contribution is 0.151. The van der Waals surface area contributed by atoms with Crippen LogP contribution in [0.4, 0.5) is 8.78 Å². The molecule has 1 fully saturated rings. The van der Waals surface area contributed by atoms with E-state index >= 15 is 0 Å². The Bertz CT molecular complexity index is 397. The monoisotopic (exact) mass is 282 g/mol. The molecule has 0 unspecified atom stereocenters. The molecule has 1 aliphatic carbocycles. The predicted molar refractivity (Wildman–Crippen MR) is 78.0 cm³/mol. The number of hydrogen-bond donors (Lipinski definition) is 1. The third-order valence-electron chi connectivity index (χ3n) is 4.39. The van der Waals surface area contributed by atoms with Crippen LogP contribution in [-0.2, 0) is 6.54 Å². The van der Waals surface area contributed by atoms with Crippen molar-refractivity contribution in [2.24, 2.45) is 0 Å². The first-order valence-electron chi connectivity index (χ1n) is 7.34. The molecule has 0 bridgehead atoms.